The van der Waals surface area contributed by atoms with Crippen LogP contribution in [0.5, 0.6) is 0 Å². The summed E-state index contributed by atoms with van der Waals surface area (Å²) in [7, 11) is 0. The van der Waals surface area contributed by atoms with Crippen LogP contribution in [0.15, 0.2) is 0 Å². The minimum absolute atomic E-state index is 0.0287. The van der Waals surface area contributed by atoms with Crippen LogP contribution in [-0.4, -0.2) is 41.4 Å². The van der Waals surface area contributed by atoms with Gasteiger partial charge >= 0.3 is 0 Å². The van der Waals surface area contributed by atoms with Gasteiger partial charge in [0, 0.05) is 12.6 Å². The maximum absolute atomic E-state index is 5.52. The number of hydrogen-bond acceptors (Lipinski definition) is 2. The largest absolute Gasteiger partial charge is 0.377 e. The molecule has 2 aliphatic rings. The lowest BCUT2D eigenvalue weighted by molar-refractivity contribution is -0.0155. The van der Waals surface area contributed by atoms with Crippen LogP contribution in [0.2, 0.25) is 0 Å². The molecule has 0 spiro atoms. The molecule has 92 valence electrons. The third-order valence-electron chi connectivity index (χ3n) is 3.57. The monoisotopic (exact) mass is 242 g/mol. The molecule has 0 atom stereocenters. The van der Waals surface area contributed by atoms with Crippen LogP contribution >= 0.6 is 12.2 Å². The topological polar surface area (TPSA) is 24.5 Å². The fourth-order valence-corrected chi connectivity index (χ4v) is 3.06. The molecule has 16 heavy (non-hydrogen) atoms. The molecule has 0 aromatic carbocycles. The molecule has 1 saturated carbocycles. The summed E-state index contributed by atoms with van der Waals surface area (Å²) in [6, 6.07) is 0.603. The Kier molecular flexibility index (Phi) is 3.70. The van der Waals surface area contributed by atoms with Gasteiger partial charge < -0.3 is 15.0 Å². The highest BCUT2D eigenvalue weighted by Gasteiger charge is 2.33. The predicted molar refractivity (Wildman–Crippen MR) is 69.6 cm³/mol. The average Bonchev–Trinajstić information content (AvgIpc) is 2.69. The number of hydrogen-bond donors (Lipinski definition) is 1. The quantitative estimate of drug-likeness (QED) is 0.710. The van der Waals surface area contributed by atoms with Crippen molar-refractivity contribution < 1.29 is 4.74 Å². The molecular weight excluding hydrogens is 220 g/mol. The minimum atomic E-state index is 0.0287. The summed E-state index contributed by atoms with van der Waals surface area (Å²) < 4.78 is 5.51. The predicted octanol–water partition coefficient (Wildman–Crippen LogP) is 1.91. The molecule has 0 radical (unpaired) electrons. The van der Waals surface area contributed by atoms with Crippen molar-refractivity contribution in [3.8, 4) is 0 Å². The lowest BCUT2D eigenvalue weighted by Crippen LogP contribution is -2.59. The molecule has 1 heterocycles. The van der Waals surface area contributed by atoms with Gasteiger partial charge in [-0.05, 0) is 38.9 Å². The van der Waals surface area contributed by atoms with Crippen LogP contribution < -0.4 is 5.32 Å². The zero-order valence-corrected chi connectivity index (χ0v) is 11.1. The Hall–Kier alpha value is -0.350. The van der Waals surface area contributed by atoms with Crippen LogP contribution in [0.25, 0.3) is 0 Å². The highest BCUT2D eigenvalue weighted by Crippen LogP contribution is 2.21. The summed E-state index contributed by atoms with van der Waals surface area (Å²) in [5.74, 6) is 0. The number of morpholine rings is 1. The van der Waals surface area contributed by atoms with Gasteiger partial charge in [-0.2, -0.15) is 0 Å². The molecule has 2 rings (SSSR count). The molecule has 0 unspecified atom stereocenters. The molecule has 0 amide bonds. The summed E-state index contributed by atoms with van der Waals surface area (Å²) in [6.45, 7) is 6.84. The van der Waals surface area contributed by atoms with E-state index in [-0.39, 0.29) is 5.54 Å². The minimum Gasteiger partial charge on any atom is -0.377 e. The Balaban J connectivity index is 1.91. The molecule has 2 fully saturated rings. The first kappa shape index (κ1) is 12.1. The molecule has 1 aliphatic heterocycles. The van der Waals surface area contributed by atoms with E-state index in [4.69, 9.17) is 17.0 Å². The lowest BCUT2D eigenvalue weighted by atomic mass is 10.0. The van der Waals surface area contributed by atoms with E-state index in [0.717, 1.165) is 24.9 Å². The van der Waals surface area contributed by atoms with Gasteiger partial charge in [0.25, 0.3) is 0 Å². The molecule has 3 nitrogen and oxygen atoms in total. The van der Waals surface area contributed by atoms with E-state index in [0.29, 0.717) is 6.04 Å². The zero-order chi connectivity index (χ0) is 11.6. The van der Waals surface area contributed by atoms with Gasteiger partial charge in [0.1, 0.15) is 0 Å². The van der Waals surface area contributed by atoms with Crippen molar-refractivity contribution in [2.75, 3.05) is 19.8 Å². The first-order valence-electron chi connectivity index (χ1n) is 6.25. The van der Waals surface area contributed by atoms with E-state index >= 15 is 0 Å². The Labute approximate surface area is 104 Å². The highest BCUT2D eigenvalue weighted by molar-refractivity contribution is 7.80. The summed E-state index contributed by atoms with van der Waals surface area (Å²) >= 11 is 5.52. The van der Waals surface area contributed by atoms with E-state index in [1.54, 1.807) is 0 Å². The third kappa shape index (κ3) is 2.66. The van der Waals surface area contributed by atoms with Crippen LogP contribution in [0.4, 0.5) is 0 Å². The number of thiocarbonyl (C=S) groups is 1. The molecule has 1 aliphatic carbocycles. The summed E-state index contributed by atoms with van der Waals surface area (Å²) in [5.41, 5.74) is 0.0287. The van der Waals surface area contributed by atoms with E-state index < -0.39 is 0 Å². The van der Waals surface area contributed by atoms with Crippen molar-refractivity contribution in [3.05, 3.63) is 0 Å². The standard InChI is InChI=1S/C12H22N2OS/c1-12(2)9-15-8-7-14(12)11(16)13-10-5-3-4-6-10/h10H,3-9H2,1-2H3,(H,13,16). The fourth-order valence-electron chi connectivity index (χ4n) is 2.56. The first-order valence-corrected chi connectivity index (χ1v) is 6.66. The van der Waals surface area contributed by atoms with E-state index in [1.807, 2.05) is 0 Å². The molecule has 0 bridgehead atoms. The second-order valence-electron chi connectivity index (χ2n) is 5.45. The molecule has 1 N–H and O–H groups in total. The average molecular weight is 242 g/mol. The number of nitrogens with one attached hydrogen (secondary N) is 1. The summed E-state index contributed by atoms with van der Waals surface area (Å²) in [5, 5.41) is 4.42. The van der Waals surface area contributed by atoms with Gasteiger partial charge in [-0.15, -0.1) is 0 Å². The summed E-state index contributed by atoms with van der Waals surface area (Å²) in [6.07, 6.45) is 5.22. The smallest absolute Gasteiger partial charge is 0.169 e. The van der Waals surface area contributed by atoms with Crippen molar-refractivity contribution in [2.24, 2.45) is 0 Å². The number of ether oxygens (including phenoxy) is 1. The molecule has 4 heteroatoms. The van der Waals surface area contributed by atoms with Crippen molar-refractivity contribution >= 4 is 17.3 Å². The van der Waals surface area contributed by atoms with Crippen molar-refractivity contribution in [2.45, 2.75) is 51.1 Å². The van der Waals surface area contributed by atoms with Crippen LogP contribution in [0.3, 0.4) is 0 Å². The SMILES string of the molecule is CC1(C)COCCN1C(=S)NC1CCCC1. The highest BCUT2D eigenvalue weighted by atomic mass is 32.1. The maximum Gasteiger partial charge on any atom is 0.169 e. The number of rotatable bonds is 1. The number of nitrogens with zero attached hydrogens (tertiary/aromatic N) is 1. The van der Waals surface area contributed by atoms with Crippen LogP contribution in [-0.2, 0) is 4.74 Å². The van der Waals surface area contributed by atoms with Gasteiger partial charge in [0.15, 0.2) is 5.11 Å². The van der Waals surface area contributed by atoms with Crippen molar-refractivity contribution in [1.29, 1.82) is 0 Å². The molecular formula is C12H22N2OS. The van der Waals surface area contributed by atoms with E-state index in [9.17, 15) is 0 Å². The van der Waals surface area contributed by atoms with Gasteiger partial charge in [-0.1, -0.05) is 12.8 Å². The molecule has 0 aromatic rings. The Morgan fingerprint density at radius 3 is 2.69 bits per heavy atom. The van der Waals surface area contributed by atoms with Gasteiger partial charge in [-0.3, -0.25) is 0 Å². The van der Waals surface area contributed by atoms with Crippen molar-refractivity contribution in [1.82, 2.24) is 10.2 Å². The second-order valence-corrected chi connectivity index (χ2v) is 5.83. The van der Waals surface area contributed by atoms with Gasteiger partial charge in [0.05, 0.1) is 18.8 Å². The Morgan fingerprint density at radius 1 is 1.38 bits per heavy atom. The van der Waals surface area contributed by atoms with E-state index in [2.05, 4.69) is 24.1 Å². The maximum atomic E-state index is 5.52. The van der Waals surface area contributed by atoms with Gasteiger partial charge in [0.2, 0.25) is 0 Å². The normalized spacial score (nSPS) is 25.8. The van der Waals surface area contributed by atoms with Crippen molar-refractivity contribution in [3.63, 3.8) is 0 Å². The zero-order valence-electron chi connectivity index (χ0n) is 10.3. The second kappa shape index (κ2) is 4.88. The first-order chi connectivity index (χ1) is 7.59. The Bertz CT molecular complexity index is 262. The van der Waals surface area contributed by atoms with Gasteiger partial charge in [-0.25, -0.2) is 0 Å². The molecule has 0 aromatic heterocycles. The van der Waals surface area contributed by atoms with Crippen LogP contribution in [0.1, 0.15) is 39.5 Å². The summed E-state index contributed by atoms with van der Waals surface area (Å²) in [4.78, 5) is 2.28. The fraction of sp³-hybridized carbons (Fsp3) is 0.917. The van der Waals surface area contributed by atoms with Crippen LogP contribution in [0, 0.1) is 0 Å². The lowest BCUT2D eigenvalue weighted by Gasteiger charge is -2.44. The third-order valence-corrected chi connectivity index (χ3v) is 3.91. The van der Waals surface area contributed by atoms with E-state index in [1.165, 1.54) is 25.7 Å². The Morgan fingerprint density at radius 2 is 2.06 bits per heavy atom. The molecule has 1 saturated heterocycles.